The van der Waals surface area contributed by atoms with Crippen molar-refractivity contribution < 1.29 is 28.9 Å². The fraction of sp³-hybridized carbons (Fsp3) is 0.529. The van der Waals surface area contributed by atoms with E-state index in [9.17, 15) is 14.7 Å². The predicted octanol–water partition coefficient (Wildman–Crippen LogP) is 2.62. The number of carbonyl (C=O) groups excluding carboxylic acids is 2. The first kappa shape index (κ1) is 19.0. The summed E-state index contributed by atoms with van der Waals surface area (Å²) in [7, 11) is 2.89. The molecular formula is C17H24O6. The number of hydrogen-bond acceptors (Lipinski definition) is 6. The van der Waals surface area contributed by atoms with Crippen LogP contribution in [0.15, 0.2) is 12.1 Å². The van der Waals surface area contributed by atoms with E-state index in [4.69, 9.17) is 9.47 Å². The lowest BCUT2D eigenvalue weighted by Crippen LogP contribution is -2.06. The standard InChI is InChI=1S/C17H24O6/c1-12-8-13(10-21-2)17(20)14(9-12)11-23-16(19)7-5-4-6-15(18)22-3/h8-9,20H,4-7,10-11H2,1-3H3. The lowest BCUT2D eigenvalue weighted by molar-refractivity contribution is -0.146. The zero-order valence-corrected chi connectivity index (χ0v) is 13.9. The van der Waals surface area contributed by atoms with Gasteiger partial charge in [-0.25, -0.2) is 0 Å². The zero-order valence-electron chi connectivity index (χ0n) is 13.9. The second-order valence-electron chi connectivity index (χ2n) is 5.31. The van der Waals surface area contributed by atoms with Crippen LogP contribution >= 0.6 is 0 Å². The molecule has 0 heterocycles. The second kappa shape index (κ2) is 9.84. The molecule has 0 radical (unpaired) electrons. The third-order valence-electron chi connectivity index (χ3n) is 3.34. The molecule has 0 amide bonds. The largest absolute Gasteiger partial charge is 0.507 e. The van der Waals surface area contributed by atoms with Crippen molar-refractivity contribution in [2.75, 3.05) is 14.2 Å². The van der Waals surface area contributed by atoms with Crippen molar-refractivity contribution in [3.63, 3.8) is 0 Å². The Bertz CT molecular complexity index is 538. The Hall–Kier alpha value is -2.08. The minimum absolute atomic E-state index is 0.0140. The van der Waals surface area contributed by atoms with Crippen molar-refractivity contribution in [1.29, 1.82) is 0 Å². The van der Waals surface area contributed by atoms with Crippen molar-refractivity contribution in [2.45, 2.75) is 45.8 Å². The number of unbranched alkanes of at least 4 members (excludes halogenated alkanes) is 1. The van der Waals surface area contributed by atoms with Gasteiger partial charge in [-0.1, -0.05) is 11.6 Å². The molecule has 1 N–H and O–H groups in total. The van der Waals surface area contributed by atoms with Gasteiger partial charge in [-0.15, -0.1) is 0 Å². The van der Waals surface area contributed by atoms with Crippen molar-refractivity contribution >= 4 is 11.9 Å². The van der Waals surface area contributed by atoms with Gasteiger partial charge >= 0.3 is 11.9 Å². The van der Waals surface area contributed by atoms with Crippen LogP contribution in [0.5, 0.6) is 5.75 Å². The summed E-state index contributed by atoms with van der Waals surface area (Å²) in [4.78, 5) is 22.6. The average Bonchev–Trinajstić information content (AvgIpc) is 2.53. The van der Waals surface area contributed by atoms with E-state index in [2.05, 4.69) is 4.74 Å². The van der Waals surface area contributed by atoms with Gasteiger partial charge in [0.15, 0.2) is 0 Å². The topological polar surface area (TPSA) is 82.1 Å². The van der Waals surface area contributed by atoms with Gasteiger partial charge in [0.2, 0.25) is 0 Å². The predicted molar refractivity (Wildman–Crippen MR) is 83.8 cm³/mol. The van der Waals surface area contributed by atoms with Crippen LogP contribution in [0.1, 0.15) is 42.4 Å². The van der Waals surface area contributed by atoms with Gasteiger partial charge < -0.3 is 19.3 Å². The number of methoxy groups -OCH3 is 2. The quantitative estimate of drug-likeness (QED) is 0.555. The van der Waals surface area contributed by atoms with Crippen LogP contribution in [0, 0.1) is 6.92 Å². The van der Waals surface area contributed by atoms with E-state index in [1.807, 2.05) is 13.0 Å². The summed E-state index contributed by atoms with van der Waals surface area (Å²) in [5.74, 6) is -0.547. The van der Waals surface area contributed by atoms with E-state index in [0.717, 1.165) is 5.56 Å². The summed E-state index contributed by atoms with van der Waals surface area (Å²) in [5.41, 5.74) is 2.18. The van der Waals surface area contributed by atoms with E-state index in [1.165, 1.54) is 7.11 Å². The molecule has 0 fully saturated rings. The molecular weight excluding hydrogens is 300 g/mol. The molecule has 0 aliphatic carbocycles. The monoisotopic (exact) mass is 324 g/mol. The molecule has 0 spiro atoms. The van der Waals surface area contributed by atoms with E-state index >= 15 is 0 Å². The van der Waals surface area contributed by atoms with Gasteiger partial charge in [0.1, 0.15) is 12.4 Å². The molecule has 0 aromatic heterocycles. The smallest absolute Gasteiger partial charge is 0.306 e. The number of ether oxygens (including phenoxy) is 3. The fourth-order valence-corrected chi connectivity index (χ4v) is 2.18. The average molecular weight is 324 g/mol. The van der Waals surface area contributed by atoms with Gasteiger partial charge in [-0.2, -0.15) is 0 Å². The number of hydrogen-bond donors (Lipinski definition) is 1. The highest BCUT2D eigenvalue weighted by Crippen LogP contribution is 2.26. The van der Waals surface area contributed by atoms with Crippen LogP contribution in [0.25, 0.3) is 0 Å². The normalized spacial score (nSPS) is 10.4. The molecule has 23 heavy (non-hydrogen) atoms. The number of phenolic OH excluding ortho intramolecular Hbond substituents is 1. The van der Waals surface area contributed by atoms with E-state index < -0.39 is 0 Å². The summed E-state index contributed by atoms with van der Waals surface area (Å²) in [6, 6.07) is 3.61. The Kier molecular flexibility index (Phi) is 8.11. The molecule has 1 aromatic carbocycles. The number of carbonyl (C=O) groups is 2. The highest BCUT2D eigenvalue weighted by molar-refractivity contribution is 5.70. The number of phenols is 1. The van der Waals surface area contributed by atoms with Gasteiger partial charge in [-0.3, -0.25) is 9.59 Å². The maximum absolute atomic E-state index is 11.7. The SMILES string of the molecule is COCc1cc(C)cc(COC(=O)CCCCC(=O)OC)c1O. The summed E-state index contributed by atoms with van der Waals surface area (Å²) in [6.45, 7) is 2.21. The minimum Gasteiger partial charge on any atom is -0.507 e. The first-order chi connectivity index (χ1) is 11.0. The number of esters is 2. The summed E-state index contributed by atoms with van der Waals surface area (Å²) < 4.78 is 14.7. The lowest BCUT2D eigenvalue weighted by atomic mass is 10.1. The Morgan fingerprint density at radius 2 is 1.57 bits per heavy atom. The van der Waals surface area contributed by atoms with Gasteiger partial charge in [0, 0.05) is 31.1 Å². The van der Waals surface area contributed by atoms with Crippen LogP contribution in [-0.2, 0) is 37.0 Å². The molecule has 0 saturated heterocycles. The Morgan fingerprint density at radius 3 is 2.13 bits per heavy atom. The van der Waals surface area contributed by atoms with Crippen LogP contribution < -0.4 is 0 Å². The first-order valence-electron chi connectivity index (χ1n) is 7.50. The minimum atomic E-state index is -0.357. The third-order valence-corrected chi connectivity index (χ3v) is 3.34. The lowest BCUT2D eigenvalue weighted by Gasteiger charge is -2.11. The Labute approximate surface area is 136 Å². The fourth-order valence-electron chi connectivity index (χ4n) is 2.18. The summed E-state index contributed by atoms with van der Waals surface area (Å²) in [6.07, 6.45) is 1.66. The molecule has 0 saturated carbocycles. The van der Waals surface area contributed by atoms with Crippen LogP contribution in [-0.4, -0.2) is 31.3 Å². The highest BCUT2D eigenvalue weighted by Gasteiger charge is 2.11. The molecule has 6 heteroatoms. The molecule has 0 atom stereocenters. The molecule has 128 valence electrons. The van der Waals surface area contributed by atoms with Gasteiger partial charge in [-0.05, 0) is 25.8 Å². The number of rotatable bonds is 9. The molecule has 1 aromatic rings. The van der Waals surface area contributed by atoms with Gasteiger partial charge in [0.25, 0.3) is 0 Å². The van der Waals surface area contributed by atoms with Crippen LogP contribution in [0.2, 0.25) is 0 Å². The van der Waals surface area contributed by atoms with Crippen LogP contribution in [0.4, 0.5) is 0 Å². The van der Waals surface area contributed by atoms with E-state index in [0.29, 0.717) is 37.0 Å². The Morgan fingerprint density at radius 1 is 1.00 bits per heavy atom. The molecule has 0 aliphatic heterocycles. The highest BCUT2D eigenvalue weighted by atomic mass is 16.5. The summed E-state index contributed by atoms with van der Waals surface area (Å²) in [5, 5.41) is 10.1. The van der Waals surface area contributed by atoms with Gasteiger partial charge in [0.05, 0.1) is 13.7 Å². The molecule has 1 rings (SSSR count). The molecule has 0 aliphatic rings. The van der Waals surface area contributed by atoms with Crippen molar-refractivity contribution in [2.24, 2.45) is 0 Å². The zero-order chi connectivity index (χ0) is 17.2. The number of aromatic hydroxyl groups is 1. The summed E-state index contributed by atoms with van der Waals surface area (Å²) >= 11 is 0. The molecule has 6 nitrogen and oxygen atoms in total. The second-order valence-corrected chi connectivity index (χ2v) is 5.31. The van der Waals surface area contributed by atoms with E-state index in [1.54, 1.807) is 13.2 Å². The molecule has 0 unspecified atom stereocenters. The first-order valence-corrected chi connectivity index (χ1v) is 7.50. The van der Waals surface area contributed by atoms with Crippen molar-refractivity contribution in [1.82, 2.24) is 0 Å². The van der Waals surface area contributed by atoms with Crippen molar-refractivity contribution in [3.8, 4) is 5.75 Å². The van der Waals surface area contributed by atoms with Crippen molar-refractivity contribution in [3.05, 3.63) is 28.8 Å². The Balaban J connectivity index is 2.45. The maximum atomic E-state index is 11.7. The number of aryl methyl sites for hydroxylation is 1. The maximum Gasteiger partial charge on any atom is 0.306 e. The third kappa shape index (κ3) is 6.69. The van der Waals surface area contributed by atoms with Crippen LogP contribution in [0.3, 0.4) is 0 Å². The van der Waals surface area contributed by atoms with E-state index in [-0.39, 0.29) is 30.7 Å². The number of benzene rings is 1. The molecule has 0 bridgehead atoms.